The summed E-state index contributed by atoms with van der Waals surface area (Å²) in [6.45, 7) is 1.87. The molecule has 0 radical (unpaired) electrons. The Morgan fingerprint density at radius 3 is 2.24 bits per heavy atom. The van der Waals surface area contributed by atoms with Crippen LogP contribution >= 0.6 is 0 Å². The maximum atomic E-state index is 12.6. The fourth-order valence-electron chi connectivity index (χ4n) is 4.53. The molecule has 0 bridgehead atoms. The van der Waals surface area contributed by atoms with Crippen molar-refractivity contribution < 1.29 is 9.53 Å². The molecule has 1 saturated heterocycles. The zero-order chi connectivity index (χ0) is 17.2. The SMILES string of the molecule is COc1ccc(CC(=O)N2C[C@H]3CC(c4ccccc4)C[C@H]3C2)cc1. The molecular formula is C22H25NO2. The van der Waals surface area contributed by atoms with Crippen molar-refractivity contribution in [1.82, 2.24) is 4.90 Å². The zero-order valence-electron chi connectivity index (χ0n) is 14.7. The number of benzene rings is 2. The summed E-state index contributed by atoms with van der Waals surface area (Å²) in [5.74, 6) is 3.11. The number of likely N-dealkylation sites (tertiary alicyclic amines) is 1. The first-order valence-electron chi connectivity index (χ1n) is 9.18. The molecule has 1 unspecified atom stereocenters. The van der Waals surface area contributed by atoms with E-state index in [4.69, 9.17) is 4.74 Å². The summed E-state index contributed by atoms with van der Waals surface area (Å²) in [6, 6.07) is 18.7. The van der Waals surface area contributed by atoms with Gasteiger partial charge < -0.3 is 9.64 Å². The predicted molar refractivity (Wildman–Crippen MR) is 98.7 cm³/mol. The van der Waals surface area contributed by atoms with Crippen LogP contribution in [0.1, 0.15) is 29.9 Å². The summed E-state index contributed by atoms with van der Waals surface area (Å²) in [5.41, 5.74) is 2.53. The van der Waals surface area contributed by atoms with Gasteiger partial charge in [0.05, 0.1) is 13.5 Å². The molecule has 1 aliphatic heterocycles. The van der Waals surface area contributed by atoms with Crippen LogP contribution in [0.25, 0.3) is 0 Å². The fourth-order valence-corrected chi connectivity index (χ4v) is 4.53. The number of hydrogen-bond donors (Lipinski definition) is 0. The Kier molecular flexibility index (Phi) is 4.48. The van der Waals surface area contributed by atoms with E-state index < -0.39 is 0 Å². The number of carbonyl (C=O) groups excluding carboxylic acids is 1. The Bertz CT molecular complexity index is 711. The highest BCUT2D eigenvalue weighted by Crippen LogP contribution is 2.46. The van der Waals surface area contributed by atoms with Gasteiger partial charge in [-0.2, -0.15) is 0 Å². The molecule has 1 heterocycles. The minimum absolute atomic E-state index is 0.260. The van der Waals surface area contributed by atoms with Crippen molar-refractivity contribution in [2.75, 3.05) is 20.2 Å². The molecule has 2 aliphatic rings. The third-order valence-electron chi connectivity index (χ3n) is 5.89. The number of nitrogens with zero attached hydrogens (tertiary/aromatic N) is 1. The highest BCUT2D eigenvalue weighted by Gasteiger charge is 2.42. The van der Waals surface area contributed by atoms with Crippen LogP contribution in [0.5, 0.6) is 5.75 Å². The lowest BCUT2D eigenvalue weighted by Gasteiger charge is -2.19. The number of amides is 1. The Labute approximate surface area is 149 Å². The van der Waals surface area contributed by atoms with Crippen molar-refractivity contribution in [3.05, 3.63) is 65.7 Å². The molecule has 3 nitrogen and oxygen atoms in total. The molecule has 1 amide bonds. The number of hydrogen-bond acceptors (Lipinski definition) is 2. The first-order chi connectivity index (χ1) is 12.2. The van der Waals surface area contributed by atoms with E-state index in [0.717, 1.165) is 24.4 Å². The fraction of sp³-hybridized carbons (Fsp3) is 0.409. The van der Waals surface area contributed by atoms with Crippen LogP contribution in [0.3, 0.4) is 0 Å². The van der Waals surface area contributed by atoms with Crippen LogP contribution in [0, 0.1) is 11.8 Å². The Morgan fingerprint density at radius 1 is 1.00 bits per heavy atom. The number of rotatable bonds is 4. The monoisotopic (exact) mass is 335 g/mol. The van der Waals surface area contributed by atoms with E-state index in [1.54, 1.807) is 7.11 Å². The van der Waals surface area contributed by atoms with Gasteiger partial charge in [-0.05, 0) is 53.9 Å². The lowest BCUT2D eigenvalue weighted by Crippen LogP contribution is -2.31. The van der Waals surface area contributed by atoms with E-state index in [1.165, 1.54) is 18.4 Å². The van der Waals surface area contributed by atoms with Crippen molar-refractivity contribution in [3.8, 4) is 5.75 Å². The Balaban J connectivity index is 1.34. The van der Waals surface area contributed by atoms with Gasteiger partial charge >= 0.3 is 0 Å². The summed E-state index contributed by atoms with van der Waals surface area (Å²) < 4.78 is 5.18. The van der Waals surface area contributed by atoms with E-state index in [1.807, 2.05) is 24.3 Å². The molecule has 1 saturated carbocycles. The number of ether oxygens (including phenoxy) is 1. The maximum absolute atomic E-state index is 12.6. The third-order valence-corrected chi connectivity index (χ3v) is 5.89. The minimum atomic E-state index is 0.260. The maximum Gasteiger partial charge on any atom is 0.227 e. The van der Waals surface area contributed by atoms with Crippen molar-refractivity contribution >= 4 is 5.91 Å². The van der Waals surface area contributed by atoms with E-state index in [9.17, 15) is 4.79 Å². The summed E-state index contributed by atoms with van der Waals surface area (Å²) in [6.07, 6.45) is 2.94. The van der Waals surface area contributed by atoms with Crippen LogP contribution in [-0.2, 0) is 11.2 Å². The molecule has 3 atom stereocenters. The summed E-state index contributed by atoms with van der Waals surface area (Å²) in [4.78, 5) is 14.7. The van der Waals surface area contributed by atoms with E-state index >= 15 is 0 Å². The van der Waals surface area contributed by atoms with Crippen LogP contribution in [0.2, 0.25) is 0 Å². The van der Waals surface area contributed by atoms with Crippen molar-refractivity contribution in [2.24, 2.45) is 11.8 Å². The van der Waals surface area contributed by atoms with Crippen LogP contribution in [-0.4, -0.2) is 31.0 Å². The standard InChI is InChI=1S/C22H25NO2/c1-25-21-9-7-16(8-10-21)11-22(24)23-14-19-12-18(13-20(19)15-23)17-5-3-2-4-6-17/h2-10,18-20H,11-15H2,1H3/t18?,19-,20+. The summed E-state index contributed by atoms with van der Waals surface area (Å²) >= 11 is 0. The first kappa shape index (κ1) is 16.2. The molecule has 25 heavy (non-hydrogen) atoms. The molecule has 1 aliphatic carbocycles. The average Bonchev–Trinajstić information content (AvgIpc) is 3.22. The van der Waals surface area contributed by atoms with E-state index in [2.05, 4.69) is 35.2 Å². The van der Waals surface area contributed by atoms with Gasteiger partial charge in [-0.25, -0.2) is 0 Å². The number of methoxy groups -OCH3 is 1. The number of carbonyl (C=O) groups is 1. The summed E-state index contributed by atoms with van der Waals surface area (Å²) in [5, 5.41) is 0. The molecule has 130 valence electrons. The minimum Gasteiger partial charge on any atom is -0.497 e. The third kappa shape index (κ3) is 3.41. The Morgan fingerprint density at radius 2 is 1.64 bits per heavy atom. The van der Waals surface area contributed by atoms with Gasteiger partial charge in [0, 0.05) is 13.1 Å². The number of fused-ring (bicyclic) bond motifs is 1. The van der Waals surface area contributed by atoms with Gasteiger partial charge in [0.15, 0.2) is 0 Å². The van der Waals surface area contributed by atoms with Gasteiger partial charge in [-0.15, -0.1) is 0 Å². The lowest BCUT2D eigenvalue weighted by atomic mass is 9.96. The van der Waals surface area contributed by atoms with Crippen LogP contribution < -0.4 is 4.74 Å². The smallest absolute Gasteiger partial charge is 0.227 e. The average molecular weight is 335 g/mol. The van der Waals surface area contributed by atoms with E-state index in [-0.39, 0.29) is 5.91 Å². The molecular weight excluding hydrogens is 310 g/mol. The normalized spacial score (nSPS) is 25.0. The van der Waals surface area contributed by atoms with E-state index in [0.29, 0.717) is 24.2 Å². The second kappa shape index (κ2) is 6.91. The van der Waals surface area contributed by atoms with Gasteiger partial charge in [0.25, 0.3) is 0 Å². The second-order valence-electron chi connectivity index (χ2n) is 7.42. The largest absolute Gasteiger partial charge is 0.497 e. The molecule has 2 aromatic rings. The molecule has 3 heteroatoms. The highest BCUT2D eigenvalue weighted by atomic mass is 16.5. The molecule has 4 rings (SSSR count). The second-order valence-corrected chi connectivity index (χ2v) is 7.42. The molecule has 0 N–H and O–H groups in total. The van der Waals surface area contributed by atoms with Gasteiger partial charge in [-0.3, -0.25) is 4.79 Å². The van der Waals surface area contributed by atoms with Crippen LogP contribution in [0.15, 0.2) is 54.6 Å². The molecule has 0 aromatic heterocycles. The zero-order valence-corrected chi connectivity index (χ0v) is 14.7. The van der Waals surface area contributed by atoms with Crippen molar-refractivity contribution in [1.29, 1.82) is 0 Å². The van der Waals surface area contributed by atoms with Gasteiger partial charge in [0.2, 0.25) is 5.91 Å². The molecule has 0 spiro atoms. The van der Waals surface area contributed by atoms with Gasteiger partial charge in [-0.1, -0.05) is 42.5 Å². The summed E-state index contributed by atoms with van der Waals surface area (Å²) in [7, 11) is 1.66. The topological polar surface area (TPSA) is 29.5 Å². The Hall–Kier alpha value is -2.29. The molecule has 2 aromatic carbocycles. The predicted octanol–water partition coefficient (Wildman–Crippen LogP) is 3.89. The highest BCUT2D eigenvalue weighted by molar-refractivity contribution is 5.79. The van der Waals surface area contributed by atoms with Crippen molar-refractivity contribution in [3.63, 3.8) is 0 Å². The van der Waals surface area contributed by atoms with Crippen molar-refractivity contribution in [2.45, 2.75) is 25.2 Å². The van der Waals surface area contributed by atoms with Gasteiger partial charge in [0.1, 0.15) is 5.75 Å². The lowest BCUT2D eigenvalue weighted by molar-refractivity contribution is -0.129. The quantitative estimate of drug-likeness (QED) is 0.848. The van der Waals surface area contributed by atoms with Crippen LogP contribution in [0.4, 0.5) is 0 Å². The first-order valence-corrected chi connectivity index (χ1v) is 9.18. The molecule has 2 fully saturated rings.